The first kappa shape index (κ1) is 15.5. The molecule has 20 heavy (non-hydrogen) atoms. The van der Waals surface area contributed by atoms with E-state index in [9.17, 15) is 8.42 Å². The zero-order chi connectivity index (χ0) is 14.9. The van der Waals surface area contributed by atoms with Crippen LogP contribution < -0.4 is 4.31 Å². The standard InChI is InChI=1S/C14H13Br2NO2S/c1-10-3-6-12(7-4-10)17(2)20(18,19)14-8-5-11(15)9-13(14)16/h3-9H,1-2H3. The average molecular weight is 419 g/mol. The van der Waals surface area contributed by atoms with Crippen LogP contribution in [0, 0.1) is 6.92 Å². The van der Waals surface area contributed by atoms with E-state index in [1.165, 1.54) is 4.31 Å². The largest absolute Gasteiger partial charge is 0.269 e. The third-order valence-corrected chi connectivity index (χ3v) is 6.19. The maximum absolute atomic E-state index is 12.6. The van der Waals surface area contributed by atoms with Gasteiger partial charge < -0.3 is 0 Å². The fourth-order valence-electron chi connectivity index (χ4n) is 1.73. The van der Waals surface area contributed by atoms with Gasteiger partial charge in [0.2, 0.25) is 0 Å². The van der Waals surface area contributed by atoms with Crippen LogP contribution in [0.5, 0.6) is 0 Å². The molecule has 106 valence electrons. The summed E-state index contributed by atoms with van der Waals surface area (Å²) in [4.78, 5) is 0.240. The van der Waals surface area contributed by atoms with Gasteiger partial charge in [0.1, 0.15) is 4.90 Å². The Morgan fingerprint density at radius 3 is 2.15 bits per heavy atom. The molecule has 0 atom stereocenters. The molecule has 0 amide bonds. The minimum atomic E-state index is -3.59. The van der Waals surface area contributed by atoms with Gasteiger partial charge in [0, 0.05) is 16.0 Å². The third kappa shape index (κ3) is 3.07. The molecule has 6 heteroatoms. The van der Waals surface area contributed by atoms with E-state index in [1.54, 1.807) is 37.4 Å². The smallest absolute Gasteiger partial charge is 0.265 e. The second-order valence-electron chi connectivity index (χ2n) is 4.38. The topological polar surface area (TPSA) is 37.4 Å². The summed E-state index contributed by atoms with van der Waals surface area (Å²) in [7, 11) is -2.04. The number of anilines is 1. The second-order valence-corrected chi connectivity index (χ2v) is 8.09. The van der Waals surface area contributed by atoms with Gasteiger partial charge in [-0.15, -0.1) is 0 Å². The van der Waals surface area contributed by atoms with Crippen LogP contribution in [0.3, 0.4) is 0 Å². The van der Waals surface area contributed by atoms with Crippen molar-refractivity contribution in [2.24, 2.45) is 0 Å². The highest BCUT2D eigenvalue weighted by atomic mass is 79.9. The van der Waals surface area contributed by atoms with Gasteiger partial charge in [-0.25, -0.2) is 8.42 Å². The second kappa shape index (κ2) is 5.87. The van der Waals surface area contributed by atoms with Crippen molar-refractivity contribution in [1.82, 2.24) is 0 Å². The number of halogens is 2. The van der Waals surface area contributed by atoms with Crippen LogP contribution >= 0.6 is 31.9 Å². The monoisotopic (exact) mass is 417 g/mol. The first-order chi connectivity index (χ1) is 9.32. The molecular formula is C14H13Br2NO2S. The van der Waals surface area contributed by atoms with Gasteiger partial charge in [0.05, 0.1) is 5.69 Å². The summed E-state index contributed by atoms with van der Waals surface area (Å²) in [6, 6.07) is 12.4. The van der Waals surface area contributed by atoms with Crippen molar-refractivity contribution in [3.63, 3.8) is 0 Å². The van der Waals surface area contributed by atoms with E-state index in [1.807, 2.05) is 19.1 Å². The zero-order valence-corrected chi connectivity index (χ0v) is 15.0. The minimum absolute atomic E-state index is 0.240. The van der Waals surface area contributed by atoms with Gasteiger partial charge in [-0.1, -0.05) is 33.6 Å². The van der Waals surface area contributed by atoms with Crippen molar-refractivity contribution in [3.8, 4) is 0 Å². The lowest BCUT2D eigenvalue weighted by Gasteiger charge is -2.20. The van der Waals surface area contributed by atoms with Crippen LogP contribution in [-0.2, 0) is 10.0 Å². The molecule has 2 rings (SSSR count). The number of aryl methyl sites for hydroxylation is 1. The van der Waals surface area contributed by atoms with E-state index in [0.717, 1.165) is 10.0 Å². The van der Waals surface area contributed by atoms with Gasteiger partial charge in [0.15, 0.2) is 0 Å². The predicted molar refractivity (Wildman–Crippen MR) is 88.6 cm³/mol. The van der Waals surface area contributed by atoms with Crippen LogP contribution in [0.25, 0.3) is 0 Å². The van der Waals surface area contributed by atoms with Crippen molar-refractivity contribution < 1.29 is 8.42 Å². The number of sulfonamides is 1. The van der Waals surface area contributed by atoms with Crippen LogP contribution in [-0.4, -0.2) is 15.5 Å². The van der Waals surface area contributed by atoms with Gasteiger partial charge in [-0.3, -0.25) is 4.31 Å². The van der Waals surface area contributed by atoms with Crippen molar-refractivity contribution in [2.75, 3.05) is 11.4 Å². The first-order valence-corrected chi connectivity index (χ1v) is 8.85. The van der Waals surface area contributed by atoms with E-state index in [-0.39, 0.29) is 4.90 Å². The first-order valence-electron chi connectivity index (χ1n) is 5.83. The summed E-state index contributed by atoms with van der Waals surface area (Å²) in [6.45, 7) is 1.96. The minimum Gasteiger partial charge on any atom is -0.269 e. The van der Waals surface area contributed by atoms with E-state index < -0.39 is 10.0 Å². The molecule has 0 saturated carbocycles. The summed E-state index contributed by atoms with van der Waals surface area (Å²) in [5.74, 6) is 0. The average Bonchev–Trinajstić information content (AvgIpc) is 2.38. The predicted octanol–water partition coefficient (Wildman–Crippen LogP) is 4.35. The highest BCUT2D eigenvalue weighted by Crippen LogP contribution is 2.29. The van der Waals surface area contributed by atoms with Gasteiger partial charge >= 0.3 is 0 Å². The molecule has 0 heterocycles. The molecule has 0 aliphatic carbocycles. The van der Waals surface area contributed by atoms with Crippen molar-refractivity contribution in [2.45, 2.75) is 11.8 Å². The molecule has 3 nitrogen and oxygen atoms in total. The van der Waals surface area contributed by atoms with Gasteiger partial charge in [0.25, 0.3) is 10.0 Å². The molecule has 0 aliphatic heterocycles. The molecule has 0 unspecified atom stereocenters. The molecule has 0 saturated heterocycles. The number of benzene rings is 2. The molecule has 0 spiro atoms. The maximum Gasteiger partial charge on any atom is 0.265 e. The lowest BCUT2D eigenvalue weighted by atomic mass is 10.2. The SMILES string of the molecule is Cc1ccc(N(C)S(=O)(=O)c2ccc(Br)cc2Br)cc1. The fraction of sp³-hybridized carbons (Fsp3) is 0.143. The summed E-state index contributed by atoms with van der Waals surface area (Å²) >= 11 is 6.61. The highest BCUT2D eigenvalue weighted by molar-refractivity contribution is 9.11. The number of hydrogen-bond acceptors (Lipinski definition) is 2. The molecule has 2 aromatic carbocycles. The molecule has 0 bridgehead atoms. The quantitative estimate of drug-likeness (QED) is 0.743. The highest BCUT2D eigenvalue weighted by Gasteiger charge is 2.23. The number of hydrogen-bond donors (Lipinski definition) is 0. The molecule has 0 N–H and O–H groups in total. The molecule has 0 aliphatic rings. The molecule has 0 aromatic heterocycles. The van der Waals surface area contributed by atoms with Crippen molar-refractivity contribution in [3.05, 3.63) is 57.0 Å². The van der Waals surface area contributed by atoms with Crippen LogP contribution in [0.2, 0.25) is 0 Å². The zero-order valence-electron chi connectivity index (χ0n) is 11.0. The Bertz CT molecular complexity index is 727. The van der Waals surface area contributed by atoms with E-state index in [2.05, 4.69) is 31.9 Å². The summed E-state index contributed by atoms with van der Waals surface area (Å²) in [5, 5.41) is 0. The van der Waals surface area contributed by atoms with Gasteiger partial charge in [-0.05, 0) is 53.2 Å². The number of nitrogens with zero attached hydrogens (tertiary/aromatic N) is 1. The maximum atomic E-state index is 12.6. The normalized spacial score (nSPS) is 11.4. The molecule has 0 radical (unpaired) electrons. The summed E-state index contributed by atoms with van der Waals surface area (Å²) < 4.78 is 27.9. The van der Waals surface area contributed by atoms with E-state index >= 15 is 0 Å². The van der Waals surface area contributed by atoms with E-state index in [4.69, 9.17) is 0 Å². The fourth-order valence-corrected chi connectivity index (χ4v) is 4.63. The van der Waals surface area contributed by atoms with Crippen molar-refractivity contribution in [1.29, 1.82) is 0 Å². The Kier molecular flexibility index (Phi) is 4.56. The third-order valence-electron chi connectivity index (χ3n) is 2.93. The molecule has 0 fully saturated rings. The van der Waals surface area contributed by atoms with E-state index in [0.29, 0.717) is 10.2 Å². The Labute approximate surface area is 135 Å². The Balaban J connectivity index is 2.46. The van der Waals surface area contributed by atoms with Crippen LogP contribution in [0.1, 0.15) is 5.56 Å². The lowest BCUT2D eigenvalue weighted by molar-refractivity contribution is 0.594. The van der Waals surface area contributed by atoms with Gasteiger partial charge in [-0.2, -0.15) is 0 Å². The van der Waals surface area contributed by atoms with Crippen LogP contribution in [0.4, 0.5) is 5.69 Å². The molecule has 2 aromatic rings. The van der Waals surface area contributed by atoms with Crippen molar-refractivity contribution >= 4 is 47.6 Å². The summed E-state index contributed by atoms with van der Waals surface area (Å²) in [6.07, 6.45) is 0. The summed E-state index contributed by atoms with van der Waals surface area (Å²) in [5.41, 5.74) is 1.72. The Morgan fingerprint density at radius 2 is 1.60 bits per heavy atom. The lowest BCUT2D eigenvalue weighted by Crippen LogP contribution is -2.26. The number of rotatable bonds is 3. The van der Waals surface area contributed by atoms with Crippen LogP contribution in [0.15, 0.2) is 56.3 Å². The Morgan fingerprint density at radius 1 is 1.00 bits per heavy atom. The molecular weight excluding hydrogens is 406 g/mol. The Hall–Kier alpha value is -0.850.